The van der Waals surface area contributed by atoms with E-state index in [1.165, 1.54) is 0 Å². The maximum atomic E-state index is 12.7. The SMILES string of the molecule is C[C@H](Nc1nc(Cl)nc(N2CC(F)(F)C2)n1)C(F)(F)F. The summed E-state index contributed by atoms with van der Waals surface area (Å²) in [5.74, 6) is -3.46. The Hall–Kier alpha value is -1.45. The van der Waals surface area contributed by atoms with Gasteiger partial charge in [-0.1, -0.05) is 0 Å². The van der Waals surface area contributed by atoms with Crippen molar-refractivity contribution in [3.8, 4) is 0 Å². The highest BCUT2D eigenvalue weighted by Crippen LogP contribution is 2.30. The molecule has 1 N–H and O–H groups in total. The Labute approximate surface area is 115 Å². The Morgan fingerprint density at radius 1 is 1.25 bits per heavy atom. The second-order valence-corrected chi connectivity index (χ2v) is 4.69. The first-order valence-corrected chi connectivity index (χ1v) is 5.82. The van der Waals surface area contributed by atoms with Gasteiger partial charge in [-0.3, -0.25) is 0 Å². The molecule has 1 aliphatic rings. The van der Waals surface area contributed by atoms with Gasteiger partial charge in [-0.25, -0.2) is 8.78 Å². The van der Waals surface area contributed by atoms with Crippen molar-refractivity contribution < 1.29 is 22.0 Å². The Kier molecular flexibility index (Phi) is 3.61. The molecule has 1 aromatic heterocycles. The van der Waals surface area contributed by atoms with E-state index in [1.54, 1.807) is 0 Å². The van der Waals surface area contributed by atoms with Crippen LogP contribution in [0.1, 0.15) is 6.92 Å². The van der Waals surface area contributed by atoms with E-state index in [2.05, 4.69) is 15.0 Å². The number of alkyl halides is 5. The molecule has 20 heavy (non-hydrogen) atoms. The minimum absolute atomic E-state index is 0.187. The molecule has 11 heteroatoms. The molecule has 1 aromatic rings. The molecule has 1 saturated heterocycles. The predicted octanol–water partition coefficient (Wildman–Crippen LogP) is 2.34. The van der Waals surface area contributed by atoms with Gasteiger partial charge in [0.05, 0.1) is 13.1 Å². The van der Waals surface area contributed by atoms with Gasteiger partial charge in [0.25, 0.3) is 5.92 Å². The van der Waals surface area contributed by atoms with E-state index in [9.17, 15) is 22.0 Å². The van der Waals surface area contributed by atoms with E-state index < -0.39 is 37.2 Å². The summed E-state index contributed by atoms with van der Waals surface area (Å²) in [5.41, 5.74) is 0. The number of halogens is 6. The summed E-state index contributed by atoms with van der Waals surface area (Å²) >= 11 is 5.55. The van der Waals surface area contributed by atoms with E-state index >= 15 is 0 Å². The number of rotatable bonds is 3. The fourth-order valence-corrected chi connectivity index (χ4v) is 1.63. The van der Waals surface area contributed by atoms with E-state index in [0.29, 0.717) is 0 Å². The van der Waals surface area contributed by atoms with Crippen molar-refractivity contribution in [1.29, 1.82) is 0 Å². The Morgan fingerprint density at radius 3 is 2.35 bits per heavy atom. The van der Waals surface area contributed by atoms with Crippen LogP contribution < -0.4 is 10.2 Å². The molecule has 0 aliphatic carbocycles. The van der Waals surface area contributed by atoms with E-state index in [1.807, 2.05) is 5.32 Å². The molecule has 0 saturated carbocycles. The van der Waals surface area contributed by atoms with Gasteiger partial charge in [-0.2, -0.15) is 28.1 Å². The van der Waals surface area contributed by atoms with Crippen molar-refractivity contribution >= 4 is 23.5 Å². The highest BCUT2D eigenvalue weighted by molar-refractivity contribution is 6.28. The molecule has 1 atom stereocenters. The van der Waals surface area contributed by atoms with Gasteiger partial charge in [0.1, 0.15) is 6.04 Å². The predicted molar refractivity (Wildman–Crippen MR) is 61.1 cm³/mol. The van der Waals surface area contributed by atoms with Gasteiger partial charge >= 0.3 is 6.18 Å². The van der Waals surface area contributed by atoms with Crippen molar-refractivity contribution in [3.63, 3.8) is 0 Å². The first-order valence-electron chi connectivity index (χ1n) is 5.44. The first kappa shape index (κ1) is 14.9. The lowest BCUT2D eigenvalue weighted by Gasteiger charge is -2.38. The number of anilines is 2. The van der Waals surface area contributed by atoms with Crippen LogP contribution in [0.2, 0.25) is 5.28 Å². The van der Waals surface area contributed by atoms with Crippen molar-refractivity contribution in [2.45, 2.75) is 25.1 Å². The van der Waals surface area contributed by atoms with Crippen LogP contribution in [0.3, 0.4) is 0 Å². The first-order chi connectivity index (χ1) is 9.07. The summed E-state index contributed by atoms with van der Waals surface area (Å²) in [4.78, 5) is 11.8. The average molecular weight is 318 g/mol. The molecule has 0 bridgehead atoms. The topological polar surface area (TPSA) is 53.9 Å². The molecule has 2 rings (SSSR count). The molecular weight excluding hydrogens is 309 g/mol. The fraction of sp³-hybridized carbons (Fsp3) is 0.667. The third-order valence-corrected chi connectivity index (χ3v) is 2.73. The zero-order chi connectivity index (χ0) is 15.1. The van der Waals surface area contributed by atoms with Crippen LogP contribution >= 0.6 is 11.6 Å². The van der Waals surface area contributed by atoms with Crippen molar-refractivity contribution in [2.75, 3.05) is 23.3 Å². The van der Waals surface area contributed by atoms with Crippen LogP contribution in [0, 0.1) is 0 Å². The summed E-state index contributed by atoms with van der Waals surface area (Å²) in [6.07, 6.45) is -4.50. The summed E-state index contributed by atoms with van der Waals surface area (Å²) in [6.45, 7) is -0.349. The molecule has 0 radical (unpaired) electrons. The van der Waals surface area contributed by atoms with Crippen LogP contribution in [0.15, 0.2) is 0 Å². The van der Waals surface area contributed by atoms with Crippen LogP contribution in [-0.4, -0.2) is 46.2 Å². The highest BCUT2D eigenvalue weighted by atomic mass is 35.5. The minimum atomic E-state index is -4.50. The lowest BCUT2D eigenvalue weighted by Crippen LogP contribution is -2.57. The standard InChI is InChI=1S/C9H9ClF5N5/c1-4(9(13,14)15)16-6-17-5(10)18-7(19-6)20-2-8(11,12)3-20/h4H,2-3H2,1H3,(H,16,17,18,19)/t4-/m0/s1. The molecule has 0 aromatic carbocycles. The van der Waals surface area contributed by atoms with Crippen LogP contribution in [0.25, 0.3) is 0 Å². The number of aromatic nitrogens is 3. The second kappa shape index (κ2) is 4.83. The molecule has 1 aliphatic heterocycles. The summed E-state index contributed by atoms with van der Waals surface area (Å²) in [7, 11) is 0. The van der Waals surface area contributed by atoms with E-state index in [-0.39, 0.29) is 11.2 Å². The largest absolute Gasteiger partial charge is 0.408 e. The van der Waals surface area contributed by atoms with Gasteiger partial charge < -0.3 is 10.2 Å². The van der Waals surface area contributed by atoms with Gasteiger partial charge in [0.2, 0.25) is 17.2 Å². The molecule has 1 fully saturated rings. The lowest BCUT2D eigenvalue weighted by molar-refractivity contribution is -0.138. The van der Waals surface area contributed by atoms with Crippen molar-refractivity contribution in [3.05, 3.63) is 5.28 Å². The van der Waals surface area contributed by atoms with Crippen molar-refractivity contribution in [1.82, 2.24) is 15.0 Å². The maximum Gasteiger partial charge on any atom is 0.408 e. The third kappa shape index (κ3) is 3.35. The number of nitrogens with zero attached hydrogens (tertiary/aromatic N) is 4. The molecule has 112 valence electrons. The van der Waals surface area contributed by atoms with Gasteiger partial charge in [-0.15, -0.1) is 0 Å². The molecule has 0 unspecified atom stereocenters. The monoisotopic (exact) mass is 317 g/mol. The Bertz CT molecular complexity index is 500. The van der Waals surface area contributed by atoms with E-state index in [0.717, 1.165) is 11.8 Å². The van der Waals surface area contributed by atoms with Crippen molar-refractivity contribution in [2.24, 2.45) is 0 Å². The molecule has 0 amide bonds. The van der Waals surface area contributed by atoms with Crippen LogP contribution in [0.4, 0.5) is 33.8 Å². The molecule has 2 heterocycles. The quantitative estimate of drug-likeness (QED) is 0.867. The third-order valence-electron chi connectivity index (χ3n) is 2.56. The van der Waals surface area contributed by atoms with Gasteiger partial charge in [-0.05, 0) is 18.5 Å². The van der Waals surface area contributed by atoms with Crippen LogP contribution in [-0.2, 0) is 0 Å². The second-order valence-electron chi connectivity index (χ2n) is 4.35. The van der Waals surface area contributed by atoms with E-state index in [4.69, 9.17) is 11.6 Å². The maximum absolute atomic E-state index is 12.7. The summed E-state index contributed by atoms with van der Waals surface area (Å²) in [6, 6.07) is -1.91. The fourth-order valence-electron chi connectivity index (χ4n) is 1.47. The molecule has 5 nitrogen and oxygen atoms in total. The zero-order valence-electron chi connectivity index (χ0n) is 10.0. The number of hydrogen-bond acceptors (Lipinski definition) is 5. The highest BCUT2D eigenvalue weighted by Gasteiger charge is 2.45. The molecular formula is C9H9ClF5N5. The number of hydrogen-bond donors (Lipinski definition) is 1. The summed E-state index contributed by atoms with van der Waals surface area (Å²) in [5, 5.41) is 1.63. The Balaban J connectivity index is 2.13. The van der Waals surface area contributed by atoms with Crippen LogP contribution in [0.5, 0.6) is 0 Å². The van der Waals surface area contributed by atoms with Gasteiger partial charge in [0.15, 0.2) is 0 Å². The summed E-state index contributed by atoms with van der Waals surface area (Å²) < 4.78 is 62.7. The lowest BCUT2D eigenvalue weighted by atomic mass is 10.2. The minimum Gasteiger partial charge on any atom is -0.343 e. The number of nitrogens with one attached hydrogen (secondary N) is 1. The average Bonchev–Trinajstić information content (AvgIpc) is 2.23. The normalized spacial score (nSPS) is 19.4. The smallest absolute Gasteiger partial charge is 0.343 e. The Morgan fingerprint density at radius 2 is 1.85 bits per heavy atom. The molecule has 0 spiro atoms. The van der Waals surface area contributed by atoms with Gasteiger partial charge in [0, 0.05) is 0 Å². The zero-order valence-corrected chi connectivity index (χ0v) is 10.8.